The van der Waals surface area contributed by atoms with E-state index in [4.69, 9.17) is 4.74 Å². The smallest absolute Gasteiger partial charge is 0.338 e. The van der Waals surface area contributed by atoms with Crippen LogP contribution in [0.5, 0.6) is 0 Å². The Labute approximate surface area is 186 Å². The van der Waals surface area contributed by atoms with Crippen LogP contribution in [0.2, 0.25) is 0 Å². The second-order valence-electron chi connectivity index (χ2n) is 8.34. The van der Waals surface area contributed by atoms with Crippen LogP contribution in [0.25, 0.3) is 5.82 Å². The van der Waals surface area contributed by atoms with Crippen LogP contribution >= 0.6 is 0 Å². The number of nitrogens with zero attached hydrogens (tertiary/aromatic N) is 5. The minimum absolute atomic E-state index is 0.191. The van der Waals surface area contributed by atoms with Crippen molar-refractivity contribution in [3.8, 4) is 11.9 Å². The van der Waals surface area contributed by atoms with E-state index in [2.05, 4.69) is 39.4 Å². The zero-order chi connectivity index (χ0) is 22.2. The molecule has 3 aromatic rings. The first-order valence-electron chi connectivity index (χ1n) is 10.7. The highest BCUT2D eigenvalue weighted by Gasteiger charge is 2.28. The number of esters is 1. The van der Waals surface area contributed by atoms with E-state index in [0.717, 1.165) is 48.4 Å². The number of ether oxygens (including phenoxy) is 1. The van der Waals surface area contributed by atoms with Gasteiger partial charge in [-0.05, 0) is 37.1 Å². The maximum absolute atomic E-state index is 11.8. The molecule has 1 fully saturated rings. The van der Waals surface area contributed by atoms with E-state index >= 15 is 0 Å². The standard InChI is InChI=1S/C24H24N6O2/c1-15-18(9-25)5-6-27-23(15)30-12-17(10-28-30)11-29-8-7-26-22(13-29)19-3-4-20-21(16(19)2)14-32-24(20)31/h3-6,10,12,22,26H,7-8,11,13-14H2,1-2H3/t22-/m0/s1. The van der Waals surface area contributed by atoms with Gasteiger partial charge < -0.3 is 10.1 Å². The second kappa shape index (κ2) is 8.19. The number of piperazine rings is 1. The van der Waals surface area contributed by atoms with Gasteiger partial charge in [0.1, 0.15) is 6.61 Å². The molecule has 0 saturated carbocycles. The number of hydrogen-bond acceptors (Lipinski definition) is 7. The lowest BCUT2D eigenvalue weighted by Crippen LogP contribution is -2.45. The van der Waals surface area contributed by atoms with Crippen molar-refractivity contribution in [2.75, 3.05) is 19.6 Å². The zero-order valence-corrected chi connectivity index (χ0v) is 18.1. The summed E-state index contributed by atoms with van der Waals surface area (Å²) in [6.45, 7) is 7.79. The average Bonchev–Trinajstić information content (AvgIpc) is 3.41. The largest absolute Gasteiger partial charge is 0.457 e. The summed E-state index contributed by atoms with van der Waals surface area (Å²) in [5, 5.41) is 17.4. The van der Waals surface area contributed by atoms with E-state index in [0.29, 0.717) is 23.6 Å². The lowest BCUT2D eigenvalue weighted by Gasteiger charge is -2.34. The Kier molecular flexibility index (Phi) is 5.21. The quantitative estimate of drug-likeness (QED) is 0.638. The fourth-order valence-electron chi connectivity index (χ4n) is 4.60. The number of benzene rings is 1. The molecule has 8 nitrogen and oxygen atoms in total. The van der Waals surface area contributed by atoms with Gasteiger partial charge in [0.05, 0.1) is 23.4 Å². The Morgan fingerprint density at radius 2 is 2.16 bits per heavy atom. The van der Waals surface area contributed by atoms with E-state index in [1.807, 2.05) is 25.4 Å². The van der Waals surface area contributed by atoms with Crippen LogP contribution in [-0.4, -0.2) is 45.3 Å². The van der Waals surface area contributed by atoms with Gasteiger partial charge in [0.15, 0.2) is 5.82 Å². The third kappa shape index (κ3) is 3.55. The molecule has 1 aromatic carbocycles. The molecule has 0 unspecified atom stereocenters. The van der Waals surface area contributed by atoms with Crippen molar-refractivity contribution in [3.05, 3.63) is 75.7 Å². The summed E-state index contributed by atoms with van der Waals surface area (Å²) < 4.78 is 6.95. The minimum Gasteiger partial charge on any atom is -0.457 e. The van der Waals surface area contributed by atoms with Crippen LogP contribution in [0.15, 0.2) is 36.8 Å². The number of aromatic nitrogens is 3. The zero-order valence-electron chi connectivity index (χ0n) is 18.1. The third-order valence-corrected chi connectivity index (χ3v) is 6.40. The normalized spacial score (nSPS) is 18.3. The van der Waals surface area contributed by atoms with Gasteiger partial charge in [0.2, 0.25) is 0 Å². The molecule has 0 bridgehead atoms. The maximum atomic E-state index is 11.8. The summed E-state index contributed by atoms with van der Waals surface area (Å²) >= 11 is 0. The molecular formula is C24H24N6O2. The van der Waals surface area contributed by atoms with Gasteiger partial charge in [-0.15, -0.1) is 0 Å². The Morgan fingerprint density at radius 3 is 3.00 bits per heavy atom. The molecule has 2 aliphatic heterocycles. The molecule has 1 saturated heterocycles. The number of nitrogens with one attached hydrogen (secondary N) is 1. The first kappa shape index (κ1) is 20.4. The van der Waals surface area contributed by atoms with E-state index in [9.17, 15) is 10.1 Å². The van der Waals surface area contributed by atoms with E-state index in [-0.39, 0.29) is 12.0 Å². The van der Waals surface area contributed by atoms with Crippen molar-refractivity contribution < 1.29 is 9.53 Å². The number of rotatable bonds is 4. The molecular weight excluding hydrogens is 404 g/mol. The van der Waals surface area contributed by atoms with Gasteiger partial charge in [0.25, 0.3) is 0 Å². The van der Waals surface area contributed by atoms with Gasteiger partial charge in [0, 0.05) is 61.3 Å². The van der Waals surface area contributed by atoms with Crippen molar-refractivity contribution in [1.82, 2.24) is 25.0 Å². The minimum atomic E-state index is -0.227. The number of cyclic esters (lactones) is 1. The molecule has 162 valence electrons. The SMILES string of the molecule is Cc1c(C#N)ccnc1-n1cc(CN2CCN[C@H](c3ccc4c(c3C)COC4=O)C2)cn1. The van der Waals surface area contributed by atoms with Crippen molar-refractivity contribution in [2.24, 2.45) is 0 Å². The number of pyridine rings is 1. The molecule has 32 heavy (non-hydrogen) atoms. The molecule has 0 amide bonds. The molecule has 2 aromatic heterocycles. The summed E-state index contributed by atoms with van der Waals surface area (Å²) in [5.74, 6) is 0.453. The number of nitriles is 1. The van der Waals surface area contributed by atoms with Crippen molar-refractivity contribution in [2.45, 2.75) is 33.0 Å². The topological polar surface area (TPSA) is 96.1 Å². The molecule has 2 aliphatic rings. The molecule has 1 N–H and O–H groups in total. The third-order valence-electron chi connectivity index (χ3n) is 6.40. The van der Waals surface area contributed by atoms with E-state index in [1.54, 1.807) is 16.9 Å². The van der Waals surface area contributed by atoms with Crippen LogP contribution in [-0.2, 0) is 17.9 Å². The molecule has 4 heterocycles. The predicted molar refractivity (Wildman–Crippen MR) is 117 cm³/mol. The first-order chi connectivity index (χ1) is 15.5. The highest BCUT2D eigenvalue weighted by Crippen LogP contribution is 2.30. The summed E-state index contributed by atoms with van der Waals surface area (Å²) in [4.78, 5) is 18.7. The van der Waals surface area contributed by atoms with E-state index < -0.39 is 0 Å². The van der Waals surface area contributed by atoms with Gasteiger partial charge in [-0.2, -0.15) is 10.4 Å². The van der Waals surface area contributed by atoms with Gasteiger partial charge in [-0.3, -0.25) is 4.90 Å². The molecule has 8 heteroatoms. The van der Waals surface area contributed by atoms with Crippen molar-refractivity contribution >= 4 is 5.97 Å². The lowest BCUT2D eigenvalue weighted by molar-refractivity contribution is 0.0535. The van der Waals surface area contributed by atoms with Crippen molar-refractivity contribution in [1.29, 1.82) is 5.26 Å². The highest BCUT2D eigenvalue weighted by atomic mass is 16.5. The van der Waals surface area contributed by atoms with Crippen LogP contribution in [0.3, 0.4) is 0 Å². The second-order valence-corrected chi connectivity index (χ2v) is 8.34. The predicted octanol–water partition coefficient (Wildman–Crippen LogP) is 2.57. The van der Waals surface area contributed by atoms with Crippen LogP contribution in [0.1, 0.15) is 49.8 Å². The van der Waals surface area contributed by atoms with Crippen LogP contribution in [0, 0.1) is 25.2 Å². The Hall–Kier alpha value is -3.54. The fraction of sp³-hybridized carbons (Fsp3) is 0.333. The molecule has 0 aliphatic carbocycles. The lowest BCUT2D eigenvalue weighted by atomic mass is 9.93. The summed E-state index contributed by atoms with van der Waals surface area (Å²) in [5.41, 5.74) is 6.58. The number of carbonyl (C=O) groups excluding carboxylic acids is 1. The average molecular weight is 428 g/mol. The van der Waals surface area contributed by atoms with Crippen LogP contribution in [0.4, 0.5) is 0 Å². The van der Waals surface area contributed by atoms with Gasteiger partial charge >= 0.3 is 5.97 Å². The Balaban J connectivity index is 1.32. The number of fused-ring (bicyclic) bond motifs is 1. The fourth-order valence-corrected chi connectivity index (χ4v) is 4.60. The summed E-state index contributed by atoms with van der Waals surface area (Å²) in [6.07, 6.45) is 5.48. The maximum Gasteiger partial charge on any atom is 0.338 e. The summed E-state index contributed by atoms with van der Waals surface area (Å²) in [7, 11) is 0. The molecule has 0 radical (unpaired) electrons. The van der Waals surface area contributed by atoms with Crippen LogP contribution < -0.4 is 5.32 Å². The van der Waals surface area contributed by atoms with Gasteiger partial charge in [-0.1, -0.05) is 6.07 Å². The van der Waals surface area contributed by atoms with E-state index in [1.165, 1.54) is 5.56 Å². The number of carbonyl (C=O) groups is 1. The van der Waals surface area contributed by atoms with Crippen molar-refractivity contribution in [3.63, 3.8) is 0 Å². The Bertz CT molecular complexity index is 1240. The molecule has 0 spiro atoms. The monoisotopic (exact) mass is 428 g/mol. The number of hydrogen-bond donors (Lipinski definition) is 1. The molecule has 1 atom stereocenters. The van der Waals surface area contributed by atoms with Gasteiger partial charge in [-0.25, -0.2) is 14.5 Å². The first-order valence-corrected chi connectivity index (χ1v) is 10.7. The molecule has 5 rings (SSSR count). The highest BCUT2D eigenvalue weighted by molar-refractivity contribution is 5.94. The summed E-state index contributed by atoms with van der Waals surface area (Å²) in [6, 6.07) is 8.05. The Morgan fingerprint density at radius 1 is 1.28 bits per heavy atom.